The number of anilines is 1. The van der Waals surface area contributed by atoms with Crippen LogP contribution in [0.2, 0.25) is 0 Å². The molecule has 0 unspecified atom stereocenters. The molecule has 1 aliphatic rings. The minimum absolute atomic E-state index is 0.0206. The number of para-hydroxylation sites is 1. The number of carbonyl (C=O) groups excluding carboxylic acids is 1. The Kier molecular flexibility index (Phi) is 3.05. The monoisotopic (exact) mass is 287 g/mol. The Labute approximate surface area is 120 Å². The predicted molar refractivity (Wildman–Crippen MR) is 76.1 cm³/mol. The Morgan fingerprint density at radius 3 is 2.48 bits per heavy atom. The molecule has 0 N–H and O–H groups in total. The van der Waals surface area contributed by atoms with Crippen LogP contribution in [0.3, 0.4) is 0 Å². The maximum Gasteiger partial charge on any atom is 0.753 e. The van der Waals surface area contributed by atoms with Gasteiger partial charge in [0.2, 0.25) is 0 Å². The van der Waals surface area contributed by atoms with Gasteiger partial charge < -0.3 is 18.0 Å². The Hall–Kier alpha value is -2.57. The summed E-state index contributed by atoms with van der Waals surface area (Å²) in [6.07, 6.45) is 1.27. The molecule has 2 aromatic rings. The van der Waals surface area contributed by atoms with Gasteiger partial charge in [0.1, 0.15) is 6.20 Å². The van der Waals surface area contributed by atoms with Crippen LogP contribution in [-0.4, -0.2) is 18.5 Å². The highest BCUT2D eigenvalue weighted by atomic mass is 19.2. The summed E-state index contributed by atoms with van der Waals surface area (Å²) < 4.78 is 30.3. The summed E-state index contributed by atoms with van der Waals surface area (Å²) in [4.78, 5) is 12.4. The molecule has 3 rings (SSSR count). The Balaban J connectivity index is 2.24. The second-order valence-electron chi connectivity index (χ2n) is 4.77. The highest BCUT2D eigenvalue weighted by molar-refractivity contribution is 6.63. The van der Waals surface area contributed by atoms with E-state index in [4.69, 9.17) is 0 Å². The van der Waals surface area contributed by atoms with Gasteiger partial charge in [-0.2, -0.15) is 5.10 Å². The largest absolute Gasteiger partial charge is 0.753 e. The van der Waals surface area contributed by atoms with Gasteiger partial charge in [-0.25, -0.2) is 0 Å². The third-order valence-corrected chi connectivity index (χ3v) is 3.32. The second kappa shape index (κ2) is 4.77. The summed E-state index contributed by atoms with van der Waals surface area (Å²) >= 11 is 0. The summed E-state index contributed by atoms with van der Waals surface area (Å²) in [6.45, 7) is -2.83. The summed E-state index contributed by atoms with van der Waals surface area (Å²) in [6, 6.07) is 12.7. The van der Waals surface area contributed by atoms with Crippen LogP contribution >= 0.6 is 0 Å². The maximum atomic E-state index is 14.7. The first-order valence-electron chi connectivity index (χ1n) is 6.49. The van der Waals surface area contributed by atoms with Gasteiger partial charge in [0.05, 0.1) is 0 Å². The molecule has 1 aromatic carbocycles. The number of pyridine rings is 1. The van der Waals surface area contributed by atoms with E-state index in [0.29, 0.717) is 4.92 Å². The zero-order valence-electron chi connectivity index (χ0n) is 11.3. The number of hydrazone groups is 1. The van der Waals surface area contributed by atoms with E-state index in [9.17, 15) is 13.4 Å². The van der Waals surface area contributed by atoms with Crippen LogP contribution in [0.5, 0.6) is 0 Å². The summed E-state index contributed by atoms with van der Waals surface area (Å²) in [5, 5.41) is 3.90. The topological polar surface area (TPSA) is 36.6 Å². The third-order valence-electron chi connectivity index (χ3n) is 3.32. The van der Waals surface area contributed by atoms with E-state index in [2.05, 4.69) is 5.10 Å². The van der Waals surface area contributed by atoms with Crippen molar-refractivity contribution in [1.82, 2.24) is 0 Å². The molecule has 0 amide bonds. The molecule has 0 aliphatic carbocycles. The molecule has 7 heteroatoms. The van der Waals surface area contributed by atoms with Crippen molar-refractivity contribution in [3.8, 4) is 0 Å². The van der Waals surface area contributed by atoms with Crippen molar-refractivity contribution < 1.29 is 17.9 Å². The fourth-order valence-corrected chi connectivity index (χ4v) is 2.34. The van der Waals surface area contributed by atoms with Gasteiger partial charge in [-0.15, -0.1) is 0 Å². The van der Waals surface area contributed by atoms with Crippen molar-refractivity contribution in [3.63, 3.8) is 0 Å². The average Bonchev–Trinajstić information content (AvgIpc) is 2.48. The number of hydrogen-bond donors (Lipinski definition) is 0. The van der Waals surface area contributed by atoms with Crippen LogP contribution in [0, 0.1) is 0 Å². The van der Waals surface area contributed by atoms with Crippen molar-refractivity contribution in [2.45, 2.75) is 6.92 Å². The summed E-state index contributed by atoms with van der Waals surface area (Å²) in [5.74, 6) is -0.359. The smallest absolute Gasteiger partial charge is 0.388 e. The first kappa shape index (κ1) is 13.4. The molecule has 106 valence electrons. The van der Waals surface area contributed by atoms with Crippen molar-refractivity contribution in [2.75, 3.05) is 4.92 Å². The second-order valence-corrected chi connectivity index (χ2v) is 4.77. The molecule has 21 heavy (non-hydrogen) atoms. The van der Waals surface area contributed by atoms with Gasteiger partial charge in [0.25, 0.3) is 0 Å². The molecule has 0 radical (unpaired) electrons. The van der Waals surface area contributed by atoms with Crippen LogP contribution in [0.1, 0.15) is 12.6 Å². The summed E-state index contributed by atoms with van der Waals surface area (Å²) in [5.41, 5.74) is 0.387. The van der Waals surface area contributed by atoms with E-state index in [-0.39, 0.29) is 22.9 Å². The molecule has 0 saturated heterocycles. The fourth-order valence-electron chi connectivity index (χ4n) is 2.34. The Morgan fingerprint density at radius 2 is 1.81 bits per heavy atom. The Morgan fingerprint density at radius 1 is 1.14 bits per heavy atom. The minimum atomic E-state index is -4.14. The molecular weight excluding hydrogens is 275 g/mol. The third kappa shape index (κ3) is 2.10. The van der Waals surface area contributed by atoms with Crippen LogP contribution < -0.4 is 9.40 Å². The maximum absolute atomic E-state index is 14.7. The van der Waals surface area contributed by atoms with Crippen LogP contribution in [0.15, 0.2) is 59.8 Å². The number of aromatic nitrogens is 1. The zero-order valence-corrected chi connectivity index (χ0v) is 11.3. The van der Waals surface area contributed by atoms with E-state index in [1.807, 2.05) is 0 Å². The molecule has 0 fully saturated rings. The number of carbonyl (C=O) groups is 1. The highest BCUT2D eigenvalue weighted by Crippen LogP contribution is 2.25. The van der Waals surface area contributed by atoms with Gasteiger partial charge in [-0.05, 0) is 18.2 Å². The van der Waals surface area contributed by atoms with Gasteiger partial charge >= 0.3 is 6.97 Å². The van der Waals surface area contributed by atoms with E-state index in [1.54, 1.807) is 24.3 Å². The molecule has 0 bridgehead atoms. The van der Waals surface area contributed by atoms with Crippen molar-refractivity contribution in [3.05, 3.63) is 60.4 Å². The quantitative estimate of drug-likeness (QED) is 0.792. The van der Waals surface area contributed by atoms with Crippen LogP contribution in [0.4, 0.5) is 14.3 Å². The zero-order chi connectivity index (χ0) is 15.0. The SMILES string of the molecule is CC(=O)C1=NN(c2ccccc2)[B-](F)(F)[n+]2ccccc21. The van der Waals surface area contributed by atoms with Gasteiger partial charge in [-0.3, -0.25) is 4.79 Å². The molecule has 1 aliphatic heterocycles. The lowest BCUT2D eigenvalue weighted by atomic mass is 9.90. The molecule has 0 atom stereocenters. The number of nitrogens with zero attached hydrogens (tertiary/aromatic N) is 3. The van der Waals surface area contributed by atoms with Crippen LogP contribution in [0.25, 0.3) is 0 Å². The van der Waals surface area contributed by atoms with E-state index in [0.717, 1.165) is 4.48 Å². The lowest BCUT2D eigenvalue weighted by Crippen LogP contribution is -2.73. The molecule has 4 nitrogen and oxygen atoms in total. The normalized spacial score (nSPS) is 16.1. The summed E-state index contributed by atoms with van der Waals surface area (Å²) in [7, 11) is 0. The first-order valence-corrected chi connectivity index (χ1v) is 6.49. The van der Waals surface area contributed by atoms with Gasteiger partial charge in [0, 0.05) is 18.7 Å². The van der Waals surface area contributed by atoms with E-state index in [1.165, 1.54) is 37.4 Å². The van der Waals surface area contributed by atoms with E-state index >= 15 is 0 Å². The van der Waals surface area contributed by atoms with E-state index < -0.39 is 6.97 Å². The van der Waals surface area contributed by atoms with Crippen molar-refractivity contribution in [2.24, 2.45) is 5.10 Å². The molecule has 0 saturated carbocycles. The standard InChI is InChI=1S/C14H12BF2N3O/c1-11(21)14-13-9-5-6-10-19(13)15(16,17)20(18-14)12-7-3-2-4-8-12/h2-10H,1H3. The van der Waals surface area contributed by atoms with Gasteiger partial charge in [0.15, 0.2) is 17.2 Å². The minimum Gasteiger partial charge on any atom is -0.388 e. The van der Waals surface area contributed by atoms with Gasteiger partial charge in [-0.1, -0.05) is 24.3 Å². The highest BCUT2D eigenvalue weighted by Gasteiger charge is 2.53. The fraction of sp³-hybridized carbons (Fsp3) is 0.0714. The van der Waals surface area contributed by atoms with Crippen LogP contribution in [-0.2, 0) is 4.79 Å². The van der Waals surface area contributed by atoms with Crippen molar-refractivity contribution >= 4 is 24.2 Å². The molecule has 0 spiro atoms. The number of benzene rings is 1. The lowest BCUT2D eigenvalue weighted by Gasteiger charge is -2.35. The number of ketones is 1. The number of fused-ring (bicyclic) bond motifs is 1. The Bertz CT molecular complexity index is 734. The number of Topliss-reactive ketones (excluding diaryl/α,β-unsaturated/α-hetero) is 1. The average molecular weight is 287 g/mol. The molecular formula is C14H12BF2N3O. The first-order chi connectivity index (χ1) is 10.0. The molecule has 1 aromatic heterocycles. The number of rotatable bonds is 2. The predicted octanol–water partition coefficient (Wildman–Crippen LogP) is 2.01. The lowest BCUT2D eigenvalue weighted by molar-refractivity contribution is -0.569. The number of halogens is 2. The number of hydrogen-bond acceptors (Lipinski definition) is 3. The molecule has 2 heterocycles. The van der Waals surface area contributed by atoms with Crippen molar-refractivity contribution in [1.29, 1.82) is 0 Å².